The van der Waals surface area contributed by atoms with E-state index in [4.69, 9.17) is 11.5 Å². The zero-order valence-electron chi connectivity index (χ0n) is 8.89. The van der Waals surface area contributed by atoms with Gasteiger partial charge < -0.3 is 11.5 Å². The van der Waals surface area contributed by atoms with Crippen LogP contribution in [0.2, 0.25) is 0 Å². The van der Waals surface area contributed by atoms with E-state index < -0.39 is 6.04 Å². The van der Waals surface area contributed by atoms with Gasteiger partial charge in [-0.15, -0.1) is 5.10 Å². The predicted octanol–water partition coefficient (Wildman–Crippen LogP) is -0.394. The van der Waals surface area contributed by atoms with Crippen LogP contribution in [0.25, 0.3) is 0 Å². The minimum absolute atomic E-state index is 0.382. The molecule has 0 aromatic carbocycles. The molecule has 0 spiro atoms. The van der Waals surface area contributed by atoms with E-state index in [1.165, 1.54) is 4.68 Å². The maximum atomic E-state index is 11.1. The van der Waals surface area contributed by atoms with Gasteiger partial charge in [0.2, 0.25) is 5.91 Å². The summed E-state index contributed by atoms with van der Waals surface area (Å²) in [6.45, 7) is 2.51. The highest BCUT2D eigenvalue weighted by molar-refractivity contribution is 5.78. The van der Waals surface area contributed by atoms with Crippen molar-refractivity contribution in [3.8, 4) is 0 Å². The molecule has 0 radical (unpaired) electrons. The van der Waals surface area contributed by atoms with E-state index in [1.807, 2.05) is 6.92 Å². The maximum absolute atomic E-state index is 11.1. The lowest BCUT2D eigenvalue weighted by atomic mass is 10.2. The average molecular weight is 211 g/mol. The van der Waals surface area contributed by atoms with Crippen LogP contribution in [0, 0.1) is 0 Å². The van der Waals surface area contributed by atoms with Crippen molar-refractivity contribution in [2.24, 2.45) is 11.5 Å². The highest BCUT2D eigenvalue weighted by Gasteiger charge is 2.16. The summed E-state index contributed by atoms with van der Waals surface area (Å²) in [5.74, 6) is -0.382. The second kappa shape index (κ2) is 5.45. The van der Waals surface area contributed by atoms with Crippen LogP contribution in [0.5, 0.6) is 0 Å². The van der Waals surface area contributed by atoms with Gasteiger partial charge in [-0.05, 0) is 25.8 Å². The quantitative estimate of drug-likeness (QED) is 0.669. The summed E-state index contributed by atoms with van der Waals surface area (Å²) in [7, 11) is 0. The molecule has 0 fully saturated rings. The van der Waals surface area contributed by atoms with Crippen molar-refractivity contribution in [2.75, 3.05) is 6.54 Å². The SMILES string of the molecule is CCC(C(N)=O)n1cc(CCCN)nn1. The Bertz CT molecular complexity index is 322. The Kier molecular flexibility index (Phi) is 4.23. The van der Waals surface area contributed by atoms with Gasteiger partial charge in [-0.3, -0.25) is 4.79 Å². The number of aryl methyl sites for hydroxylation is 1. The second-order valence-electron chi connectivity index (χ2n) is 3.41. The van der Waals surface area contributed by atoms with Gasteiger partial charge >= 0.3 is 0 Å². The molecule has 1 atom stereocenters. The molecule has 6 heteroatoms. The van der Waals surface area contributed by atoms with Crippen molar-refractivity contribution in [2.45, 2.75) is 32.2 Å². The highest BCUT2D eigenvalue weighted by atomic mass is 16.1. The third-order valence-electron chi connectivity index (χ3n) is 2.23. The third kappa shape index (κ3) is 3.02. The van der Waals surface area contributed by atoms with Gasteiger partial charge in [0.1, 0.15) is 6.04 Å². The largest absolute Gasteiger partial charge is 0.368 e. The molecule has 1 heterocycles. The van der Waals surface area contributed by atoms with Crippen molar-refractivity contribution < 1.29 is 4.79 Å². The van der Waals surface area contributed by atoms with Crippen LogP contribution in [-0.4, -0.2) is 27.4 Å². The van der Waals surface area contributed by atoms with E-state index in [-0.39, 0.29) is 5.91 Å². The number of rotatable bonds is 6. The van der Waals surface area contributed by atoms with Crippen LogP contribution in [0.1, 0.15) is 31.5 Å². The number of carbonyl (C=O) groups excluding carboxylic acids is 1. The zero-order chi connectivity index (χ0) is 11.3. The van der Waals surface area contributed by atoms with Crippen LogP contribution in [0.15, 0.2) is 6.20 Å². The van der Waals surface area contributed by atoms with Gasteiger partial charge in [0.05, 0.1) is 5.69 Å². The molecule has 4 N–H and O–H groups in total. The van der Waals surface area contributed by atoms with Gasteiger partial charge in [0.25, 0.3) is 0 Å². The van der Waals surface area contributed by atoms with Gasteiger partial charge in [-0.2, -0.15) is 0 Å². The van der Waals surface area contributed by atoms with Crippen LogP contribution < -0.4 is 11.5 Å². The number of aromatic nitrogens is 3. The van der Waals surface area contributed by atoms with Crippen LogP contribution in [0.4, 0.5) is 0 Å². The fourth-order valence-corrected chi connectivity index (χ4v) is 1.38. The molecule has 1 aromatic rings. The normalized spacial score (nSPS) is 12.7. The first kappa shape index (κ1) is 11.6. The number of hydrogen-bond donors (Lipinski definition) is 2. The molecule has 15 heavy (non-hydrogen) atoms. The van der Waals surface area contributed by atoms with Crippen molar-refractivity contribution in [3.05, 3.63) is 11.9 Å². The van der Waals surface area contributed by atoms with Crippen LogP contribution >= 0.6 is 0 Å². The molecule has 0 aliphatic heterocycles. The summed E-state index contributed by atoms with van der Waals surface area (Å²) < 4.78 is 1.52. The predicted molar refractivity (Wildman–Crippen MR) is 55.9 cm³/mol. The summed E-state index contributed by atoms with van der Waals surface area (Å²) in [6, 6.07) is -0.399. The second-order valence-corrected chi connectivity index (χ2v) is 3.41. The number of nitrogens with two attached hydrogens (primary N) is 2. The molecular weight excluding hydrogens is 194 g/mol. The first-order chi connectivity index (χ1) is 7.19. The molecule has 0 saturated heterocycles. The molecule has 0 aliphatic rings. The molecule has 0 bridgehead atoms. The Morgan fingerprint density at radius 1 is 1.67 bits per heavy atom. The molecule has 0 saturated carbocycles. The lowest BCUT2D eigenvalue weighted by Crippen LogP contribution is -2.26. The van der Waals surface area contributed by atoms with Crippen molar-refractivity contribution in [1.82, 2.24) is 15.0 Å². The molecule has 1 unspecified atom stereocenters. The van der Waals surface area contributed by atoms with Crippen molar-refractivity contribution >= 4 is 5.91 Å². The summed E-state index contributed by atoms with van der Waals surface area (Å²) in [5, 5.41) is 7.84. The lowest BCUT2D eigenvalue weighted by Gasteiger charge is -2.09. The summed E-state index contributed by atoms with van der Waals surface area (Å²) in [6.07, 6.45) is 4.03. The standard InChI is InChI=1S/C9H17N5O/c1-2-8(9(11)15)14-6-7(12-13-14)4-3-5-10/h6,8H,2-5,10H2,1H3,(H2,11,15). The Labute approximate surface area is 88.6 Å². The summed E-state index contributed by atoms with van der Waals surface area (Å²) >= 11 is 0. The van der Waals surface area contributed by atoms with E-state index in [0.29, 0.717) is 13.0 Å². The van der Waals surface area contributed by atoms with Crippen molar-refractivity contribution in [3.63, 3.8) is 0 Å². The summed E-state index contributed by atoms with van der Waals surface area (Å²) in [5.41, 5.74) is 11.5. The minimum Gasteiger partial charge on any atom is -0.368 e. The molecule has 1 aromatic heterocycles. The smallest absolute Gasteiger partial charge is 0.242 e. The fourth-order valence-electron chi connectivity index (χ4n) is 1.38. The number of hydrogen-bond acceptors (Lipinski definition) is 4. The molecule has 1 amide bonds. The number of primary amides is 1. The lowest BCUT2D eigenvalue weighted by molar-refractivity contribution is -0.121. The Morgan fingerprint density at radius 2 is 2.40 bits per heavy atom. The van der Waals surface area contributed by atoms with Gasteiger partial charge in [-0.1, -0.05) is 12.1 Å². The number of carbonyl (C=O) groups is 1. The Balaban J connectivity index is 2.69. The van der Waals surface area contributed by atoms with Gasteiger partial charge in [-0.25, -0.2) is 4.68 Å². The van der Waals surface area contributed by atoms with E-state index in [2.05, 4.69) is 10.3 Å². The minimum atomic E-state index is -0.399. The molecule has 84 valence electrons. The van der Waals surface area contributed by atoms with E-state index >= 15 is 0 Å². The number of nitrogens with zero attached hydrogens (tertiary/aromatic N) is 3. The summed E-state index contributed by atoms with van der Waals surface area (Å²) in [4.78, 5) is 11.1. The van der Waals surface area contributed by atoms with Crippen LogP contribution in [-0.2, 0) is 11.2 Å². The Hall–Kier alpha value is -1.43. The molecule has 0 aliphatic carbocycles. The van der Waals surface area contributed by atoms with E-state index in [0.717, 1.165) is 18.5 Å². The first-order valence-electron chi connectivity index (χ1n) is 5.09. The molecule has 1 rings (SSSR count). The average Bonchev–Trinajstić information content (AvgIpc) is 2.64. The monoisotopic (exact) mass is 211 g/mol. The fraction of sp³-hybridized carbons (Fsp3) is 0.667. The van der Waals surface area contributed by atoms with Crippen molar-refractivity contribution in [1.29, 1.82) is 0 Å². The highest BCUT2D eigenvalue weighted by Crippen LogP contribution is 2.09. The maximum Gasteiger partial charge on any atom is 0.242 e. The van der Waals surface area contributed by atoms with Crippen LogP contribution in [0.3, 0.4) is 0 Å². The van der Waals surface area contributed by atoms with Gasteiger partial charge in [0.15, 0.2) is 0 Å². The van der Waals surface area contributed by atoms with E-state index in [1.54, 1.807) is 6.20 Å². The number of amides is 1. The first-order valence-corrected chi connectivity index (χ1v) is 5.09. The third-order valence-corrected chi connectivity index (χ3v) is 2.23. The molecular formula is C9H17N5O. The van der Waals surface area contributed by atoms with E-state index in [9.17, 15) is 4.79 Å². The van der Waals surface area contributed by atoms with Gasteiger partial charge in [0, 0.05) is 6.20 Å². The Morgan fingerprint density at radius 3 is 2.93 bits per heavy atom. The zero-order valence-corrected chi connectivity index (χ0v) is 8.89. The molecule has 6 nitrogen and oxygen atoms in total. The topological polar surface area (TPSA) is 99.8 Å².